The number of hydrogen-bond acceptors (Lipinski definition) is 10. The fourth-order valence-corrected chi connectivity index (χ4v) is 18.9. The molecule has 0 N–H and O–H groups in total. The van der Waals surface area contributed by atoms with Crippen molar-refractivity contribution >= 4 is 118 Å². The molecule has 1 saturated carbocycles. The van der Waals surface area contributed by atoms with Crippen molar-refractivity contribution in [3.05, 3.63) is 44.7 Å². The van der Waals surface area contributed by atoms with Gasteiger partial charge in [0.05, 0.1) is 33.9 Å². The maximum atomic E-state index is 2.19. The highest BCUT2D eigenvalue weighted by Crippen LogP contribution is 2.73. The molecule has 1 fully saturated rings. The fourth-order valence-electron chi connectivity index (χ4n) is 3.16. The van der Waals surface area contributed by atoms with Gasteiger partial charge in [0.1, 0.15) is 0 Å². The number of hydrogen-bond donors (Lipinski definition) is 0. The van der Waals surface area contributed by atoms with E-state index in [1.54, 1.807) is 12.7 Å². The van der Waals surface area contributed by atoms with Crippen molar-refractivity contribution < 1.29 is 0 Å². The van der Waals surface area contributed by atoms with Gasteiger partial charge >= 0.3 is 0 Å². The second-order valence-corrected chi connectivity index (χ2v) is 18.5. The van der Waals surface area contributed by atoms with Crippen molar-refractivity contribution in [3.63, 3.8) is 0 Å². The van der Waals surface area contributed by atoms with Gasteiger partial charge in [0.2, 0.25) is 0 Å². The Balaban J connectivity index is 1.16. The van der Waals surface area contributed by atoms with Gasteiger partial charge in [0.25, 0.3) is 0 Å². The van der Waals surface area contributed by atoms with E-state index in [1.807, 2.05) is 70.6 Å². The van der Waals surface area contributed by atoms with Gasteiger partial charge in [-0.15, -0.1) is 23.5 Å². The first-order chi connectivity index (χ1) is 12.8. The summed E-state index contributed by atoms with van der Waals surface area (Å²) in [6, 6.07) is 0. The minimum Gasteiger partial charge on any atom is -0.113 e. The first-order valence-corrected chi connectivity index (χ1v) is 16.6. The number of thioether (sulfide) groups is 10. The lowest BCUT2D eigenvalue weighted by atomic mass is 10.00. The Hall–Kier alpha value is 2.20. The van der Waals surface area contributed by atoms with Crippen LogP contribution in [0.5, 0.6) is 0 Å². The molecule has 0 radical (unpaired) electrons. The van der Waals surface area contributed by atoms with Crippen LogP contribution in [-0.2, 0) is 0 Å². The summed E-state index contributed by atoms with van der Waals surface area (Å²) in [5.74, 6) is 0. The van der Waals surface area contributed by atoms with E-state index in [0.717, 1.165) is 10.5 Å². The van der Waals surface area contributed by atoms with Crippen molar-refractivity contribution in [2.75, 3.05) is 0 Å². The monoisotopic (exact) mass is 524 g/mol. The molecule has 0 nitrogen and oxygen atoms in total. The van der Waals surface area contributed by atoms with E-state index in [4.69, 9.17) is 0 Å². The molecule has 0 aromatic carbocycles. The smallest absolute Gasteiger partial charge is 0.0718 e. The molecule has 0 aromatic heterocycles. The Morgan fingerprint density at radius 3 is 1.35 bits per heavy atom. The third-order valence-electron chi connectivity index (χ3n) is 4.34. The lowest BCUT2D eigenvalue weighted by Gasteiger charge is -2.34. The summed E-state index contributed by atoms with van der Waals surface area (Å²) in [5.41, 5.74) is 0. The van der Waals surface area contributed by atoms with Gasteiger partial charge in [-0.25, -0.2) is 0 Å². The third kappa shape index (κ3) is 3.58. The molecule has 5 aliphatic heterocycles. The summed E-state index contributed by atoms with van der Waals surface area (Å²) >= 11 is 20.3. The molecule has 26 heavy (non-hydrogen) atoms. The predicted octanol–water partition coefficient (Wildman–Crippen LogP) is 9.68. The maximum absolute atomic E-state index is 2.19. The minimum absolute atomic E-state index is 0.868. The summed E-state index contributed by atoms with van der Waals surface area (Å²) in [5, 5.41) is 6.12. The van der Waals surface area contributed by atoms with Crippen LogP contribution in [0.25, 0.3) is 0 Å². The first kappa shape index (κ1) is 18.9. The second kappa shape index (κ2) is 8.04. The van der Waals surface area contributed by atoms with Crippen LogP contribution in [0.2, 0.25) is 0 Å². The molecule has 0 saturated heterocycles. The summed E-state index contributed by atoms with van der Waals surface area (Å²) in [4.78, 5) is 0. The van der Waals surface area contributed by atoms with Crippen LogP contribution in [0, 0.1) is 0 Å². The third-order valence-corrected chi connectivity index (χ3v) is 19.5. The minimum atomic E-state index is 0.868. The molecule has 10 heteroatoms. The van der Waals surface area contributed by atoms with E-state index >= 15 is 0 Å². The number of rotatable bonds is 0. The zero-order valence-electron chi connectivity index (χ0n) is 13.2. The van der Waals surface area contributed by atoms with E-state index in [2.05, 4.69) is 57.9 Å². The lowest BCUT2D eigenvalue weighted by Crippen LogP contribution is -2.26. The van der Waals surface area contributed by atoms with Crippen LogP contribution in [0.1, 0.15) is 25.7 Å². The van der Waals surface area contributed by atoms with Gasteiger partial charge in [0, 0.05) is 10.5 Å². The standard InChI is InChI=1S/C16H12S10/c1-2-4-8-7(3-1)19-11-12(20-8)24-15(23-11)16-25-13-14(26-16)22-10(21-13)9-17-5-6-18-9/h5-8H,1-4H2/t7-,8+. The van der Waals surface area contributed by atoms with Crippen LogP contribution in [-0.4, -0.2) is 10.5 Å². The molecule has 5 heterocycles. The SMILES string of the molecule is C1=CSC(=C2SC3=C(S2)SC(=C2SC4=C(S2)S[C@@H]2CCCC[C@@H]2S4)S3)S1. The normalized spacial score (nSPS) is 33.5. The highest BCUT2D eigenvalue weighted by molar-refractivity contribution is 8.50. The van der Waals surface area contributed by atoms with E-state index in [1.165, 1.54) is 46.9 Å². The zero-order valence-corrected chi connectivity index (χ0v) is 21.4. The van der Waals surface area contributed by atoms with E-state index < -0.39 is 0 Å². The molecule has 0 aromatic rings. The van der Waals surface area contributed by atoms with Crippen LogP contribution < -0.4 is 0 Å². The molecule has 0 unspecified atom stereocenters. The maximum Gasteiger partial charge on any atom is 0.0718 e. The summed E-state index contributed by atoms with van der Waals surface area (Å²) in [6.45, 7) is 0. The van der Waals surface area contributed by atoms with E-state index in [-0.39, 0.29) is 0 Å². The summed E-state index contributed by atoms with van der Waals surface area (Å²) in [7, 11) is 0. The molecule has 136 valence electrons. The van der Waals surface area contributed by atoms with Crippen molar-refractivity contribution in [1.82, 2.24) is 0 Å². The zero-order chi connectivity index (χ0) is 17.1. The molecule has 0 bridgehead atoms. The van der Waals surface area contributed by atoms with E-state index in [9.17, 15) is 0 Å². The first-order valence-electron chi connectivity index (χ1n) is 8.19. The summed E-state index contributed by atoms with van der Waals surface area (Å²) < 4.78 is 12.2. The largest absolute Gasteiger partial charge is 0.113 e. The molecule has 0 amide bonds. The average molecular weight is 525 g/mol. The second-order valence-electron chi connectivity index (χ2n) is 6.02. The highest BCUT2D eigenvalue weighted by Gasteiger charge is 2.40. The number of fused-ring (bicyclic) bond motifs is 1. The van der Waals surface area contributed by atoms with Crippen LogP contribution in [0.15, 0.2) is 44.7 Å². The molecule has 2 atom stereocenters. The van der Waals surface area contributed by atoms with Crippen LogP contribution in [0.4, 0.5) is 0 Å². The van der Waals surface area contributed by atoms with E-state index in [0.29, 0.717) is 0 Å². The Labute approximate surface area is 196 Å². The topological polar surface area (TPSA) is 0 Å². The molecule has 6 rings (SSSR count). The van der Waals surface area contributed by atoms with Crippen LogP contribution >= 0.6 is 118 Å². The fraction of sp³-hybridized carbons (Fsp3) is 0.375. The van der Waals surface area contributed by atoms with Gasteiger partial charge in [-0.05, 0) is 23.7 Å². The highest BCUT2D eigenvalue weighted by atomic mass is 32.3. The van der Waals surface area contributed by atoms with Gasteiger partial charge in [-0.2, -0.15) is 0 Å². The predicted molar refractivity (Wildman–Crippen MR) is 139 cm³/mol. The van der Waals surface area contributed by atoms with Crippen molar-refractivity contribution in [3.8, 4) is 0 Å². The van der Waals surface area contributed by atoms with Crippen LogP contribution in [0.3, 0.4) is 0 Å². The van der Waals surface area contributed by atoms with Gasteiger partial charge in [-0.1, -0.05) is 107 Å². The van der Waals surface area contributed by atoms with Crippen molar-refractivity contribution in [2.45, 2.75) is 36.2 Å². The molecular weight excluding hydrogens is 513 g/mol. The Morgan fingerprint density at radius 1 is 0.500 bits per heavy atom. The van der Waals surface area contributed by atoms with Crippen molar-refractivity contribution in [2.24, 2.45) is 0 Å². The van der Waals surface area contributed by atoms with Gasteiger partial charge in [0.15, 0.2) is 0 Å². The Morgan fingerprint density at radius 2 is 0.885 bits per heavy atom. The molecule has 6 aliphatic rings. The Bertz CT molecular complexity index is 772. The quantitative estimate of drug-likeness (QED) is 0.299. The van der Waals surface area contributed by atoms with Crippen molar-refractivity contribution in [1.29, 1.82) is 0 Å². The molecule has 0 spiro atoms. The lowest BCUT2D eigenvalue weighted by molar-refractivity contribution is 0.528. The van der Waals surface area contributed by atoms with Gasteiger partial charge < -0.3 is 0 Å². The summed E-state index contributed by atoms with van der Waals surface area (Å²) in [6.07, 6.45) is 5.71. The Kier molecular flexibility index (Phi) is 5.85. The molecular formula is C16H12S10. The average Bonchev–Trinajstić information content (AvgIpc) is 3.40. The van der Waals surface area contributed by atoms with Gasteiger partial charge in [-0.3, -0.25) is 0 Å². The molecule has 1 aliphatic carbocycles.